The van der Waals surface area contributed by atoms with E-state index in [2.05, 4.69) is 4.74 Å². The number of esters is 1. The van der Waals surface area contributed by atoms with Crippen LogP contribution >= 0.6 is 0 Å². The van der Waals surface area contributed by atoms with E-state index in [0.717, 1.165) is 23.5 Å². The zero-order chi connectivity index (χ0) is 18.2. The Labute approximate surface area is 142 Å². The summed E-state index contributed by atoms with van der Waals surface area (Å²) in [5.74, 6) is -3.03. The highest BCUT2D eigenvalue weighted by atomic mass is 32.2. The van der Waals surface area contributed by atoms with Gasteiger partial charge in [0.05, 0.1) is 24.2 Å². The SMILES string of the molecule is COC(=O)[C@@H]1CN(S(=O)(=O)c2ccc(F)c(F)c2)c2ccccc2O1. The van der Waals surface area contributed by atoms with Gasteiger partial charge in [-0.3, -0.25) is 4.31 Å². The summed E-state index contributed by atoms with van der Waals surface area (Å²) in [4.78, 5) is 11.4. The first-order chi connectivity index (χ1) is 11.8. The van der Waals surface area contributed by atoms with E-state index in [9.17, 15) is 22.0 Å². The van der Waals surface area contributed by atoms with Crippen LogP contribution in [-0.2, 0) is 19.6 Å². The van der Waals surface area contributed by atoms with Gasteiger partial charge in [-0.2, -0.15) is 0 Å². The average Bonchev–Trinajstić information content (AvgIpc) is 2.62. The van der Waals surface area contributed by atoms with Gasteiger partial charge in [0, 0.05) is 0 Å². The van der Waals surface area contributed by atoms with E-state index in [1.807, 2.05) is 0 Å². The van der Waals surface area contributed by atoms with E-state index in [1.165, 1.54) is 12.1 Å². The van der Waals surface area contributed by atoms with Crippen molar-refractivity contribution in [3.05, 3.63) is 54.1 Å². The first kappa shape index (κ1) is 17.2. The molecule has 0 aromatic heterocycles. The number of ether oxygens (including phenoxy) is 2. The van der Waals surface area contributed by atoms with Crippen molar-refractivity contribution >= 4 is 21.7 Å². The lowest BCUT2D eigenvalue weighted by atomic mass is 10.2. The zero-order valence-corrected chi connectivity index (χ0v) is 13.8. The molecule has 0 spiro atoms. The number of hydrogen-bond donors (Lipinski definition) is 0. The molecule has 1 aliphatic rings. The molecule has 132 valence electrons. The minimum atomic E-state index is -4.25. The van der Waals surface area contributed by atoms with Crippen molar-refractivity contribution in [2.75, 3.05) is 18.0 Å². The predicted octanol–water partition coefficient (Wildman–Crippen LogP) is 2.09. The fourth-order valence-corrected chi connectivity index (χ4v) is 3.94. The molecular weight excluding hydrogens is 356 g/mol. The van der Waals surface area contributed by atoms with Crippen molar-refractivity contribution in [3.63, 3.8) is 0 Å². The lowest BCUT2D eigenvalue weighted by Crippen LogP contribution is -2.47. The molecule has 3 rings (SSSR count). The Balaban J connectivity index is 2.10. The maximum Gasteiger partial charge on any atom is 0.348 e. The molecule has 9 heteroatoms. The summed E-state index contributed by atoms with van der Waals surface area (Å²) in [5, 5.41) is 0. The minimum Gasteiger partial charge on any atom is -0.475 e. The number of methoxy groups -OCH3 is 1. The Kier molecular flexibility index (Phi) is 4.34. The lowest BCUT2D eigenvalue weighted by Gasteiger charge is -2.34. The first-order valence-electron chi connectivity index (χ1n) is 7.16. The number of benzene rings is 2. The molecule has 2 aromatic rings. The Hall–Kier alpha value is -2.68. The van der Waals surface area contributed by atoms with E-state index in [-0.39, 0.29) is 18.0 Å². The third-order valence-electron chi connectivity index (χ3n) is 3.68. The van der Waals surface area contributed by atoms with Gasteiger partial charge in [0.2, 0.25) is 6.10 Å². The van der Waals surface area contributed by atoms with Gasteiger partial charge in [0.1, 0.15) is 5.75 Å². The van der Waals surface area contributed by atoms with Gasteiger partial charge in [-0.1, -0.05) is 12.1 Å². The van der Waals surface area contributed by atoms with Crippen LogP contribution in [0, 0.1) is 11.6 Å². The summed E-state index contributed by atoms with van der Waals surface area (Å²) in [7, 11) is -3.10. The van der Waals surface area contributed by atoms with E-state index in [1.54, 1.807) is 12.1 Å². The van der Waals surface area contributed by atoms with Gasteiger partial charge in [0.25, 0.3) is 10.0 Å². The Bertz CT molecular complexity index is 932. The molecule has 1 heterocycles. The largest absolute Gasteiger partial charge is 0.475 e. The molecule has 0 unspecified atom stereocenters. The minimum absolute atomic E-state index is 0.162. The smallest absolute Gasteiger partial charge is 0.348 e. The van der Waals surface area contributed by atoms with Crippen LogP contribution in [0.3, 0.4) is 0 Å². The predicted molar refractivity (Wildman–Crippen MR) is 83.8 cm³/mol. The van der Waals surface area contributed by atoms with Crippen molar-refractivity contribution in [3.8, 4) is 5.75 Å². The molecular formula is C16H13F2NO5S. The third-order valence-corrected chi connectivity index (χ3v) is 5.45. The van der Waals surface area contributed by atoms with Gasteiger partial charge in [-0.25, -0.2) is 22.0 Å². The fourth-order valence-electron chi connectivity index (χ4n) is 2.45. The van der Waals surface area contributed by atoms with Crippen molar-refractivity contribution in [1.29, 1.82) is 0 Å². The molecule has 1 atom stereocenters. The van der Waals surface area contributed by atoms with Gasteiger partial charge >= 0.3 is 5.97 Å². The van der Waals surface area contributed by atoms with Crippen LogP contribution in [-0.4, -0.2) is 34.1 Å². The van der Waals surface area contributed by atoms with Gasteiger partial charge in [0.15, 0.2) is 11.6 Å². The summed E-state index contributed by atoms with van der Waals surface area (Å²) in [6.45, 7) is -0.356. The summed E-state index contributed by atoms with van der Waals surface area (Å²) < 4.78 is 63.4. The van der Waals surface area contributed by atoms with Crippen LogP contribution < -0.4 is 9.04 Å². The number of carbonyl (C=O) groups is 1. The quantitative estimate of drug-likeness (QED) is 0.775. The van der Waals surface area contributed by atoms with Crippen LogP contribution in [0.5, 0.6) is 5.75 Å². The van der Waals surface area contributed by atoms with E-state index in [0.29, 0.717) is 6.07 Å². The number of para-hydroxylation sites is 2. The van der Waals surface area contributed by atoms with Crippen molar-refractivity contribution in [2.45, 2.75) is 11.0 Å². The Morgan fingerprint density at radius 1 is 1.20 bits per heavy atom. The number of fused-ring (bicyclic) bond motifs is 1. The highest BCUT2D eigenvalue weighted by Gasteiger charge is 2.38. The lowest BCUT2D eigenvalue weighted by molar-refractivity contribution is -0.148. The maximum atomic E-state index is 13.5. The average molecular weight is 369 g/mol. The topological polar surface area (TPSA) is 72.9 Å². The van der Waals surface area contributed by atoms with Crippen LogP contribution in [0.1, 0.15) is 0 Å². The molecule has 0 saturated heterocycles. The molecule has 0 aliphatic carbocycles. The molecule has 1 aliphatic heterocycles. The normalized spacial score (nSPS) is 16.8. The van der Waals surface area contributed by atoms with E-state index < -0.39 is 38.6 Å². The third kappa shape index (κ3) is 3.02. The second-order valence-corrected chi connectivity index (χ2v) is 7.07. The molecule has 0 fully saturated rings. The standard InChI is InChI=1S/C16H13F2NO5S/c1-23-16(20)15-9-19(13-4-2-3-5-14(13)24-15)25(21,22)10-6-7-11(17)12(18)8-10/h2-8,15H,9H2,1H3/t15-/m0/s1. The monoisotopic (exact) mass is 369 g/mol. The summed E-state index contributed by atoms with van der Waals surface area (Å²) in [6.07, 6.45) is -1.18. The number of sulfonamides is 1. The van der Waals surface area contributed by atoms with Crippen molar-refractivity contribution < 1.29 is 31.5 Å². The maximum absolute atomic E-state index is 13.5. The number of anilines is 1. The molecule has 0 radical (unpaired) electrons. The second kappa shape index (κ2) is 6.32. The second-order valence-electron chi connectivity index (χ2n) is 5.21. The summed E-state index contributed by atoms with van der Waals surface area (Å²) in [5.41, 5.74) is 0.187. The fraction of sp³-hybridized carbons (Fsp3) is 0.188. The van der Waals surface area contributed by atoms with Gasteiger partial charge < -0.3 is 9.47 Å². The van der Waals surface area contributed by atoms with Crippen molar-refractivity contribution in [2.24, 2.45) is 0 Å². The highest BCUT2D eigenvalue weighted by Crippen LogP contribution is 2.37. The van der Waals surface area contributed by atoms with Crippen LogP contribution in [0.15, 0.2) is 47.4 Å². The van der Waals surface area contributed by atoms with Crippen LogP contribution in [0.2, 0.25) is 0 Å². The van der Waals surface area contributed by atoms with Crippen LogP contribution in [0.25, 0.3) is 0 Å². The number of carbonyl (C=O) groups excluding carboxylic acids is 1. The van der Waals surface area contributed by atoms with Gasteiger partial charge in [-0.05, 0) is 30.3 Å². The molecule has 2 aromatic carbocycles. The van der Waals surface area contributed by atoms with Crippen LogP contribution in [0.4, 0.5) is 14.5 Å². The van der Waals surface area contributed by atoms with Crippen molar-refractivity contribution in [1.82, 2.24) is 0 Å². The molecule has 0 saturated carbocycles. The van der Waals surface area contributed by atoms with E-state index >= 15 is 0 Å². The van der Waals surface area contributed by atoms with Gasteiger partial charge in [-0.15, -0.1) is 0 Å². The Morgan fingerprint density at radius 3 is 2.60 bits per heavy atom. The zero-order valence-electron chi connectivity index (χ0n) is 13.0. The summed E-state index contributed by atoms with van der Waals surface area (Å²) >= 11 is 0. The molecule has 0 N–H and O–H groups in total. The number of halogens is 2. The molecule has 6 nitrogen and oxygen atoms in total. The van der Waals surface area contributed by atoms with E-state index in [4.69, 9.17) is 4.74 Å². The molecule has 0 amide bonds. The molecule has 0 bridgehead atoms. The highest BCUT2D eigenvalue weighted by molar-refractivity contribution is 7.92. The summed E-state index contributed by atoms with van der Waals surface area (Å²) in [6, 6.07) is 8.47. The molecule has 25 heavy (non-hydrogen) atoms. The number of hydrogen-bond acceptors (Lipinski definition) is 5. The number of nitrogens with zero attached hydrogens (tertiary/aromatic N) is 1. The first-order valence-corrected chi connectivity index (χ1v) is 8.60. The number of rotatable bonds is 3. The Morgan fingerprint density at radius 2 is 1.92 bits per heavy atom.